The first-order valence-electron chi connectivity index (χ1n) is 4.37. The fourth-order valence-electron chi connectivity index (χ4n) is 1.72. The Kier molecular flexibility index (Phi) is 2.08. The third kappa shape index (κ3) is 1.15. The summed E-state index contributed by atoms with van der Waals surface area (Å²) < 4.78 is 10.8. The molecule has 0 aromatic carbocycles. The second kappa shape index (κ2) is 2.96. The van der Waals surface area contributed by atoms with E-state index >= 15 is 0 Å². The van der Waals surface area contributed by atoms with Crippen molar-refractivity contribution >= 4 is 0 Å². The van der Waals surface area contributed by atoms with Gasteiger partial charge in [-0.3, -0.25) is 4.90 Å². The Morgan fingerprint density at radius 1 is 1.50 bits per heavy atom. The van der Waals surface area contributed by atoms with Crippen molar-refractivity contribution in [3.8, 4) is 0 Å². The van der Waals surface area contributed by atoms with Gasteiger partial charge in [-0.25, -0.2) is 0 Å². The van der Waals surface area contributed by atoms with Gasteiger partial charge in [-0.2, -0.15) is 0 Å². The van der Waals surface area contributed by atoms with E-state index < -0.39 is 0 Å². The molecule has 1 atom stereocenters. The van der Waals surface area contributed by atoms with E-state index in [1.807, 2.05) is 0 Å². The second-order valence-electron chi connectivity index (χ2n) is 3.77. The van der Waals surface area contributed by atoms with Gasteiger partial charge in [-0.1, -0.05) is 0 Å². The predicted molar refractivity (Wildman–Crippen MR) is 45.0 cm³/mol. The van der Waals surface area contributed by atoms with Crippen molar-refractivity contribution in [3.05, 3.63) is 0 Å². The highest BCUT2D eigenvalue weighted by Crippen LogP contribution is 2.28. The largest absolute Gasteiger partial charge is 0.377 e. The van der Waals surface area contributed by atoms with Crippen molar-refractivity contribution in [3.63, 3.8) is 0 Å². The van der Waals surface area contributed by atoms with E-state index in [0.717, 1.165) is 26.4 Å². The molecular formula is C8H16N2O2. The predicted octanol–water partition coefficient (Wildman–Crippen LogP) is -0.955. The zero-order valence-electron chi connectivity index (χ0n) is 7.45. The van der Waals surface area contributed by atoms with Crippen LogP contribution in [0.5, 0.6) is 0 Å². The Bertz CT molecular complexity index is 170. The Morgan fingerprint density at radius 3 is 2.67 bits per heavy atom. The normalized spacial score (nSPS) is 35.0. The Balaban J connectivity index is 1.95. The zero-order valence-corrected chi connectivity index (χ0v) is 7.45. The molecule has 4 nitrogen and oxygen atoms in total. The van der Waals surface area contributed by atoms with Crippen molar-refractivity contribution in [1.82, 2.24) is 4.90 Å². The SMILES string of the molecule is CN1CC(CN)OCC12COC2. The van der Waals surface area contributed by atoms with Crippen molar-refractivity contribution in [1.29, 1.82) is 0 Å². The molecule has 12 heavy (non-hydrogen) atoms. The molecule has 2 N–H and O–H groups in total. The highest BCUT2D eigenvalue weighted by molar-refractivity contribution is 4.98. The molecule has 70 valence electrons. The molecule has 2 aliphatic rings. The van der Waals surface area contributed by atoms with Crippen LogP contribution in [0.4, 0.5) is 0 Å². The molecule has 1 unspecified atom stereocenters. The molecule has 0 amide bonds. The van der Waals surface area contributed by atoms with E-state index in [9.17, 15) is 0 Å². The summed E-state index contributed by atoms with van der Waals surface area (Å²) in [5.74, 6) is 0. The second-order valence-corrected chi connectivity index (χ2v) is 3.77. The molecule has 0 aliphatic carbocycles. The van der Waals surface area contributed by atoms with Gasteiger partial charge in [0.15, 0.2) is 0 Å². The van der Waals surface area contributed by atoms with Crippen LogP contribution in [0.2, 0.25) is 0 Å². The third-order valence-electron chi connectivity index (χ3n) is 2.88. The van der Waals surface area contributed by atoms with Gasteiger partial charge < -0.3 is 15.2 Å². The lowest BCUT2D eigenvalue weighted by molar-refractivity contribution is -0.206. The first-order valence-corrected chi connectivity index (χ1v) is 4.37. The molecule has 0 aromatic rings. The van der Waals surface area contributed by atoms with E-state index in [1.54, 1.807) is 0 Å². The van der Waals surface area contributed by atoms with Gasteiger partial charge in [0.05, 0.1) is 31.5 Å². The molecule has 2 aliphatic heterocycles. The summed E-state index contributed by atoms with van der Waals surface area (Å²) in [5.41, 5.74) is 5.70. The van der Waals surface area contributed by atoms with Crippen LogP contribution in [-0.2, 0) is 9.47 Å². The molecule has 2 heterocycles. The van der Waals surface area contributed by atoms with Gasteiger partial charge in [0, 0.05) is 13.1 Å². The summed E-state index contributed by atoms with van der Waals surface area (Å²) in [6.07, 6.45) is 0.209. The number of hydrogen-bond acceptors (Lipinski definition) is 4. The number of nitrogens with zero attached hydrogens (tertiary/aromatic N) is 1. The van der Waals surface area contributed by atoms with Gasteiger partial charge in [-0.15, -0.1) is 0 Å². The quantitative estimate of drug-likeness (QED) is 0.553. The van der Waals surface area contributed by atoms with Crippen LogP contribution in [0.3, 0.4) is 0 Å². The molecule has 0 radical (unpaired) electrons. The number of ether oxygens (including phenoxy) is 2. The average Bonchev–Trinajstić information content (AvgIpc) is 2.01. The summed E-state index contributed by atoms with van der Waals surface area (Å²) in [4.78, 5) is 2.32. The molecule has 0 saturated carbocycles. The number of likely N-dealkylation sites (N-methyl/N-ethyl adjacent to an activating group) is 1. The highest BCUT2D eigenvalue weighted by Gasteiger charge is 2.46. The molecule has 2 saturated heterocycles. The van der Waals surface area contributed by atoms with Crippen molar-refractivity contribution in [2.24, 2.45) is 5.73 Å². The Hall–Kier alpha value is -0.160. The van der Waals surface area contributed by atoms with Gasteiger partial charge in [-0.05, 0) is 7.05 Å². The van der Waals surface area contributed by atoms with Gasteiger partial charge in [0.1, 0.15) is 0 Å². The summed E-state index contributed by atoms with van der Waals surface area (Å²) in [6, 6.07) is 0. The molecule has 4 heteroatoms. The Labute approximate surface area is 72.6 Å². The van der Waals surface area contributed by atoms with E-state index in [1.165, 1.54) is 0 Å². The maximum atomic E-state index is 5.61. The summed E-state index contributed by atoms with van der Waals surface area (Å²) in [6.45, 7) is 3.92. The summed E-state index contributed by atoms with van der Waals surface area (Å²) in [7, 11) is 2.12. The molecular weight excluding hydrogens is 156 g/mol. The van der Waals surface area contributed by atoms with Crippen LogP contribution < -0.4 is 5.73 Å². The third-order valence-corrected chi connectivity index (χ3v) is 2.88. The first kappa shape index (κ1) is 8.44. The van der Waals surface area contributed by atoms with Crippen LogP contribution in [0.1, 0.15) is 0 Å². The lowest BCUT2D eigenvalue weighted by atomic mass is 9.94. The summed E-state index contributed by atoms with van der Waals surface area (Å²) >= 11 is 0. The number of rotatable bonds is 1. The number of nitrogens with two attached hydrogens (primary N) is 1. The van der Waals surface area contributed by atoms with E-state index in [0.29, 0.717) is 6.54 Å². The monoisotopic (exact) mass is 172 g/mol. The van der Waals surface area contributed by atoms with Crippen LogP contribution in [0.25, 0.3) is 0 Å². The van der Waals surface area contributed by atoms with Gasteiger partial charge >= 0.3 is 0 Å². The maximum Gasteiger partial charge on any atom is 0.0913 e. The number of morpholine rings is 1. The minimum Gasteiger partial charge on any atom is -0.377 e. The van der Waals surface area contributed by atoms with Crippen LogP contribution >= 0.6 is 0 Å². The summed E-state index contributed by atoms with van der Waals surface area (Å²) in [5, 5.41) is 0. The van der Waals surface area contributed by atoms with Crippen molar-refractivity contribution in [2.45, 2.75) is 11.6 Å². The lowest BCUT2D eigenvalue weighted by Crippen LogP contribution is -2.68. The minimum absolute atomic E-state index is 0.172. The van der Waals surface area contributed by atoms with Crippen LogP contribution in [0.15, 0.2) is 0 Å². The molecule has 2 fully saturated rings. The minimum atomic E-state index is 0.172. The highest BCUT2D eigenvalue weighted by atomic mass is 16.5. The fourth-order valence-corrected chi connectivity index (χ4v) is 1.72. The van der Waals surface area contributed by atoms with Gasteiger partial charge in [0.25, 0.3) is 0 Å². The molecule has 0 bridgehead atoms. The van der Waals surface area contributed by atoms with Crippen LogP contribution in [-0.4, -0.2) is 56.5 Å². The smallest absolute Gasteiger partial charge is 0.0913 e. The van der Waals surface area contributed by atoms with Crippen LogP contribution in [0, 0.1) is 0 Å². The molecule has 2 rings (SSSR count). The lowest BCUT2D eigenvalue weighted by Gasteiger charge is -2.52. The fraction of sp³-hybridized carbons (Fsp3) is 1.00. The Morgan fingerprint density at radius 2 is 2.25 bits per heavy atom. The van der Waals surface area contributed by atoms with Crippen molar-refractivity contribution in [2.75, 3.05) is 40.0 Å². The number of hydrogen-bond donors (Lipinski definition) is 1. The topological polar surface area (TPSA) is 47.7 Å². The molecule has 1 spiro atoms. The van der Waals surface area contributed by atoms with Gasteiger partial charge in [0.2, 0.25) is 0 Å². The van der Waals surface area contributed by atoms with E-state index in [-0.39, 0.29) is 11.6 Å². The van der Waals surface area contributed by atoms with Crippen molar-refractivity contribution < 1.29 is 9.47 Å². The standard InChI is InChI=1S/C8H16N2O2/c1-10-3-7(2-9)12-6-8(10)4-11-5-8/h7H,2-6,9H2,1H3. The zero-order chi connectivity index (χ0) is 8.60. The maximum absolute atomic E-state index is 5.61. The first-order chi connectivity index (χ1) is 5.77. The van der Waals surface area contributed by atoms with E-state index in [4.69, 9.17) is 15.2 Å². The average molecular weight is 172 g/mol. The van der Waals surface area contributed by atoms with E-state index in [2.05, 4.69) is 11.9 Å². The molecule has 0 aromatic heterocycles.